The molecule has 1 aromatic heterocycles. The van der Waals surface area contributed by atoms with Crippen molar-refractivity contribution in [1.29, 1.82) is 5.26 Å². The molecule has 8 nitrogen and oxygen atoms in total. The van der Waals surface area contributed by atoms with Gasteiger partial charge in [0.1, 0.15) is 5.82 Å². The van der Waals surface area contributed by atoms with Crippen molar-refractivity contribution in [2.24, 2.45) is 0 Å². The summed E-state index contributed by atoms with van der Waals surface area (Å²) in [6, 6.07) is 14.4. The largest absolute Gasteiger partial charge is 0.379 e. The molecule has 3 aromatic rings. The molecule has 32 heavy (non-hydrogen) atoms. The second kappa shape index (κ2) is 9.38. The lowest BCUT2D eigenvalue weighted by molar-refractivity contribution is 0.0730. The number of nitrogens with zero attached hydrogens (tertiary/aromatic N) is 5. The number of thioether (sulfide) groups is 1. The highest BCUT2D eigenvalue weighted by Crippen LogP contribution is 2.31. The summed E-state index contributed by atoms with van der Waals surface area (Å²) in [6.45, 7) is 3.05. The van der Waals surface area contributed by atoms with E-state index in [9.17, 15) is 18.1 Å². The van der Waals surface area contributed by atoms with Gasteiger partial charge >= 0.3 is 0 Å². The molecule has 1 unspecified atom stereocenters. The van der Waals surface area contributed by atoms with E-state index >= 15 is 0 Å². The van der Waals surface area contributed by atoms with Crippen molar-refractivity contribution >= 4 is 21.8 Å². The molecule has 0 N–H and O–H groups in total. The molecule has 11 heteroatoms. The Hall–Kier alpha value is -2.78. The Labute approximate surface area is 189 Å². The van der Waals surface area contributed by atoms with Gasteiger partial charge < -0.3 is 4.74 Å². The Morgan fingerprint density at radius 3 is 2.56 bits per heavy atom. The number of benzene rings is 2. The first kappa shape index (κ1) is 22.4. The molecular weight excluding hydrogens is 453 g/mol. The fourth-order valence-corrected chi connectivity index (χ4v) is 5.48. The van der Waals surface area contributed by atoms with Gasteiger partial charge in [-0.2, -0.15) is 9.57 Å². The summed E-state index contributed by atoms with van der Waals surface area (Å²) >= 11 is 1.21. The van der Waals surface area contributed by atoms with E-state index in [1.165, 1.54) is 28.2 Å². The van der Waals surface area contributed by atoms with Crippen LogP contribution in [0.5, 0.6) is 0 Å². The van der Waals surface area contributed by atoms with Gasteiger partial charge in [0.05, 0.1) is 29.4 Å². The molecule has 166 valence electrons. The number of halogens is 1. The molecule has 1 saturated heterocycles. The van der Waals surface area contributed by atoms with Crippen LogP contribution in [0.4, 0.5) is 4.39 Å². The van der Waals surface area contributed by atoms with Crippen LogP contribution in [0.1, 0.15) is 6.92 Å². The molecule has 0 spiro atoms. The minimum Gasteiger partial charge on any atom is -0.379 e. The SMILES string of the molecule is CC(C#N)Sc1nnc(-c2cccc(S(=O)(=O)N3CCOCC3)c2)n1-c1ccc(F)cc1. The third-order valence-electron chi connectivity index (χ3n) is 4.88. The van der Waals surface area contributed by atoms with Gasteiger partial charge in [-0.15, -0.1) is 10.2 Å². The van der Waals surface area contributed by atoms with E-state index in [2.05, 4.69) is 16.3 Å². The second-order valence-corrected chi connectivity index (χ2v) is 10.3. The molecule has 0 amide bonds. The van der Waals surface area contributed by atoms with E-state index in [4.69, 9.17) is 4.74 Å². The number of hydrogen-bond donors (Lipinski definition) is 0. The Morgan fingerprint density at radius 1 is 1.16 bits per heavy atom. The van der Waals surface area contributed by atoms with E-state index in [-0.39, 0.29) is 16.0 Å². The number of morpholine rings is 1. The third-order valence-corrected chi connectivity index (χ3v) is 7.71. The smallest absolute Gasteiger partial charge is 0.243 e. The summed E-state index contributed by atoms with van der Waals surface area (Å²) in [6.07, 6.45) is 0. The molecule has 1 fully saturated rings. The summed E-state index contributed by atoms with van der Waals surface area (Å²) in [7, 11) is -3.69. The van der Waals surface area contributed by atoms with Gasteiger partial charge in [-0.3, -0.25) is 4.57 Å². The average molecular weight is 474 g/mol. The molecule has 1 aliphatic heterocycles. The second-order valence-electron chi connectivity index (χ2n) is 7.05. The predicted molar refractivity (Wildman–Crippen MR) is 117 cm³/mol. The summed E-state index contributed by atoms with van der Waals surface area (Å²) in [5.41, 5.74) is 1.13. The minimum absolute atomic E-state index is 0.144. The van der Waals surface area contributed by atoms with E-state index in [1.807, 2.05) is 0 Å². The highest BCUT2D eigenvalue weighted by atomic mass is 32.2. The zero-order valence-electron chi connectivity index (χ0n) is 17.2. The van der Waals surface area contributed by atoms with E-state index in [0.29, 0.717) is 48.5 Å². The van der Waals surface area contributed by atoms with Crippen LogP contribution < -0.4 is 0 Å². The van der Waals surface area contributed by atoms with Crippen molar-refractivity contribution in [1.82, 2.24) is 19.1 Å². The molecule has 4 rings (SSSR count). The highest BCUT2D eigenvalue weighted by molar-refractivity contribution is 8.00. The van der Waals surface area contributed by atoms with Crippen molar-refractivity contribution in [2.75, 3.05) is 26.3 Å². The quantitative estimate of drug-likeness (QED) is 0.507. The lowest BCUT2D eigenvalue weighted by Crippen LogP contribution is -2.40. The summed E-state index contributed by atoms with van der Waals surface area (Å²) in [5, 5.41) is 17.8. The normalized spacial score (nSPS) is 15.9. The van der Waals surface area contributed by atoms with Crippen LogP contribution in [0.3, 0.4) is 0 Å². The van der Waals surface area contributed by atoms with E-state index < -0.39 is 10.0 Å². The summed E-state index contributed by atoms with van der Waals surface area (Å²) in [5.74, 6) is 0.00449. The van der Waals surface area contributed by atoms with Crippen LogP contribution in [0.15, 0.2) is 58.6 Å². The average Bonchev–Trinajstić information content (AvgIpc) is 3.23. The summed E-state index contributed by atoms with van der Waals surface area (Å²) < 4.78 is 48.1. The monoisotopic (exact) mass is 473 g/mol. The van der Waals surface area contributed by atoms with Crippen LogP contribution in [-0.4, -0.2) is 59.0 Å². The van der Waals surface area contributed by atoms with Gasteiger partial charge in [0.15, 0.2) is 11.0 Å². The first-order valence-corrected chi connectivity index (χ1v) is 12.2. The van der Waals surface area contributed by atoms with Crippen LogP contribution in [-0.2, 0) is 14.8 Å². The molecule has 2 aromatic carbocycles. The number of ether oxygens (including phenoxy) is 1. The lowest BCUT2D eigenvalue weighted by Gasteiger charge is -2.26. The Bertz CT molecular complexity index is 1250. The van der Waals surface area contributed by atoms with E-state index in [1.54, 1.807) is 47.9 Å². The molecular formula is C21H20FN5O3S2. The molecule has 0 aliphatic carbocycles. The van der Waals surface area contributed by atoms with Crippen molar-refractivity contribution in [2.45, 2.75) is 22.2 Å². The molecule has 1 atom stereocenters. The van der Waals surface area contributed by atoms with Crippen LogP contribution in [0, 0.1) is 17.1 Å². The summed E-state index contributed by atoms with van der Waals surface area (Å²) in [4.78, 5) is 0.144. The number of hydrogen-bond acceptors (Lipinski definition) is 7. The van der Waals surface area contributed by atoms with Gasteiger partial charge in [0, 0.05) is 24.3 Å². The van der Waals surface area contributed by atoms with Crippen molar-refractivity contribution in [3.8, 4) is 23.1 Å². The maximum atomic E-state index is 13.5. The molecule has 2 heterocycles. The van der Waals surface area contributed by atoms with Gasteiger partial charge in [-0.1, -0.05) is 23.9 Å². The number of sulfonamides is 1. The molecule has 0 saturated carbocycles. The van der Waals surface area contributed by atoms with Gasteiger partial charge in [0.25, 0.3) is 0 Å². The first-order chi connectivity index (χ1) is 15.4. The number of rotatable bonds is 6. The van der Waals surface area contributed by atoms with Crippen molar-refractivity contribution in [3.05, 3.63) is 54.3 Å². The van der Waals surface area contributed by atoms with Crippen molar-refractivity contribution in [3.63, 3.8) is 0 Å². The first-order valence-electron chi connectivity index (χ1n) is 9.86. The van der Waals surface area contributed by atoms with Crippen LogP contribution in [0.2, 0.25) is 0 Å². The zero-order valence-corrected chi connectivity index (χ0v) is 18.8. The zero-order chi connectivity index (χ0) is 22.7. The number of aromatic nitrogens is 3. The number of nitriles is 1. The third kappa shape index (κ3) is 4.54. The van der Waals surface area contributed by atoms with Crippen molar-refractivity contribution < 1.29 is 17.5 Å². The van der Waals surface area contributed by atoms with Gasteiger partial charge in [0.2, 0.25) is 10.0 Å². The maximum Gasteiger partial charge on any atom is 0.243 e. The minimum atomic E-state index is -3.69. The standard InChI is InChI=1S/C21H20FN5O3S2/c1-15(14-23)31-21-25-24-20(27(21)18-7-5-17(22)6-8-18)16-3-2-4-19(13-16)32(28,29)26-9-11-30-12-10-26/h2-8,13,15H,9-12H2,1H3. The Morgan fingerprint density at radius 2 is 1.88 bits per heavy atom. The van der Waals surface area contributed by atoms with Gasteiger partial charge in [-0.25, -0.2) is 12.8 Å². The molecule has 1 aliphatic rings. The highest BCUT2D eigenvalue weighted by Gasteiger charge is 2.27. The van der Waals surface area contributed by atoms with Crippen LogP contribution in [0.25, 0.3) is 17.1 Å². The van der Waals surface area contributed by atoms with Crippen LogP contribution >= 0.6 is 11.8 Å². The topological polar surface area (TPSA) is 101 Å². The fourth-order valence-electron chi connectivity index (χ4n) is 3.27. The van der Waals surface area contributed by atoms with E-state index in [0.717, 1.165) is 0 Å². The predicted octanol–water partition coefficient (Wildman–Crippen LogP) is 3.10. The Kier molecular flexibility index (Phi) is 6.57. The lowest BCUT2D eigenvalue weighted by atomic mass is 10.2. The molecule has 0 bridgehead atoms. The maximum absolute atomic E-state index is 13.5. The molecule has 0 radical (unpaired) electrons. The Balaban J connectivity index is 1.79. The van der Waals surface area contributed by atoms with Gasteiger partial charge in [-0.05, 0) is 43.3 Å². The fraction of sp³-hybridized carbons (Fsp3) is 0.286.